The molecular weight excluding hydrogens is 304 g/mol. The summed E-state index contributed by atoms with van der Waals surface area (Å²) in [6.45, 7) is 4.81. The normalized spacial score (nSPS) is 13.7. The minimum Gasteiger partial charge on any atom is -0.391 e. The van der Waals surface area contributed by atoms with Crippen LogP contribution in [0.15, 0.2) is 18.2 Å². The highest BCUT2D eigenvalue weighted by molar-refractivity contribution is 6.31. The van der Waals surface area contributed by atoms with Crippen molar-refractivity contribution in [3.05, 3.63) is 28.8 Å². The molecule has 0 saturated heterocycles. The summed E-state index contributed by atoms with van der Waals surface area (Å²) in [5.74, 6) is -0.0719. The molecule has 0 saturated carbocycles. The monoisotopic (exact) mass is 328 g/mol. The molecule has 0 spiro atoms. The van der Waals surface area contributed by atoms with E-state index in [1.54, 1.807) is 13.2 Å². The van der Waals surface area contributed by atoms with Gasteiger partial charge in [-0.3, -0.25) is 4.79 Å². The predicted molar refractivity (Wildman–Crippen MR) is 89.4 cm³/mol. The van der Waals surface area contributed by atoms with Crippen molar-refractivity contribution in [2.24, 2.45) is 0 Å². The van der Waals surface area contributed by atoms with Gasteiger partial charge in [0.2, 0.25) is 5.91 Å². The first-order chi connectivity index (χ1) is 10.4. The molecule has 3 N–H and O–H groups in total. The number of hydrogen-bond donors (Lipinski definition) is 3. The van der Waals surface area contributed by atoms with E-state index in [1.165, 1.54) is 0 Å². The van der Waals surface area contributed by atoms with Crippen LogP contribution in [-0.4, -0.2) is 43.4 Å². The van der Waals surface area contributed by atoms with Gasteiger partial charge >= 0.3 is 0 Å². The largest absolute Gasteiger partial charge is 0.391 e. The molecule has 5 nitrogen and oxygen atoms in total. The van der Waals surface area contributed by atoms with Gasteiger partial charge in [-0.25, -0.2) is 0 Å². The van der Waals surface area contributed by atoms with Gasteiger partial charge in [-0.05, 0) is 44.5 Å². The zero-order valence-electron chi connectivity index (χ0n) is 13.4. The molecule has 0 aromatic heterocycles. The van der Waals surface area contributed by atoms with Crippen molar-refractivity contribution < 1.29 is 14.6 Å². The van der Waals surface area contributed by atoms with E-state index < -0.39 is 6.10 Å². The van der Waals surface area contributed by atoms with Crippen LogP contribution in [0.5, 0.6) is 0 Å². The molecule has 0 heterocycles. The molecule has 1 aromatic carbocycles. The Morgan fingerprint density at radius 2 is 2.18 bits per heavy atom. The van der Waals surface area contributed by atoms with E-state index in [4.69, 9.17) is 16.3 Å². The minimum atomic E-state index is -0.478. The molecule has 124 valence electrons. The van der Waals surface area contributed by atoms with E-state index >= 15 is 0 Å². The molecule has 22 heavy (non-hydrogen) atoms. The number of halogens is 1. The second kappa shape index (κ2) is 9.79. The van der Waals surface area contributed by atoms with Crippen molar-refractivity contribution in [3.8, 4) is 0 Å². The smallest absolute Gasteiger partial charge is 0.225 e. The lowest BCUT2D eigenvalue weighted by Gasteiger charge is -2.15. The van der Waals surface area contributed by atoms with Crippen LogP contribution < -0.4 is 10.6 Å². The number of ether oxygens (including phenoxy) is 1. The number of methoxy groups -OCH3 is 1. The fraction of sp³-hybridized carbons (Fsp3) is 0.562. The van der Waals surface area contributed by atoms with E-state index in [2.05, 4.69) is 10.6 Å². The zero-order valence-corrected chi connectivity index (χ0v) is 14.1. The second-order valence-electron chi connectivity index (χ2n) is 5.47. The molecule has 0 bridgehead atoms. The Morgan fingerprint density at radius 3 is 2.82 bits per heavy atom. The Hall–Kier alpha value is -1.14. The maximum absolute atomic E-state index is 12.0. The van der Waals surface area contributed by atoms with Gasteiger partial charge < -0.3 is 20.5 Å². The molecule has 2 unspecified atom stereocenters. The first-order valence-corrected chi connectivity index (χ1v) is 7.76. The molecule has 0 aliphatic rings. The number of carbonyl (C=O) groups excluding carboxylic acids is 1. The third kappa shape index (κ3) is 7.22. The van der Waals surface area contributed by atoms with Crippen LogP contribution in [-0.2, 0) is 9.53 Å². The number of nitrogens with one attached hydrogen (secondary N) is 2. The van der Waals surface area contributed by atoms with Crippen molar-refractivity contribution in [3.63, 3.8) is 0 Å². The van der Waals surface area contributed by atoms with E-state index in [0.717, 1.165) is 5.56 Å². The molecule has 0 aliphatic heterocycles. The molecule has 0 radical (unpaired) electrons. The van der Waals surface area contributed by atoms with Crippen LogP contribution in [0.25, 0.3) is 0 Å². The molecule has 2 atom stereocenters. The molecule has 6 heteroatoms. The lowest BCUT2D eigenvalue weighted by molar-refractivity contribution is -0.116. The molecule has 1 aromatic rings. The summed E-state index contributed by atoms with van der Waals surface area (Å²) in [5.41, 5.74) is 1.67. The SMILES string of the molecule is COCC(O)CCNC(C)CC(=O)Nc1ccc(C)c(Cl)c1. The Kier molecular flexibility index (Phi) is 8.42. The molecule has 0 aliphatic carbocycles. The van der Waals surface area contributed by atoms with Crippen LogP contribution in [0.1, 0.15) is 25.3 Å². The van der Waals surface area contributed by atoms with Crippen molar-refractivity contribution in [2.75, 3.05) is 25.6 Å². The van der Waals surface area contributed by atoms with E-state index in [1.807, 2.05) is 26.0 Å². The molecule has 0 fully saturated rings. The third-order valence-electron chi connectivity index (χ3n) is 3.28. The molecule has 1 rings (SSSR count). The van der Waals surface area contributed by atoms with Gasteiger partial charge in [-0.15, -0.1) is 0 Å². The molecule has 1 amide bonds. The number of aryl methyl sites for hydroxylation is 1. The molecular formula is C16H25ClN2O3. The lowest BCUT2D eigenvalue weighted by atomic mass is 10.2. The van der Waals surface area contributed by atoms with Crippen molar-refractivity contribution >= 4 is 23.2 Å². The number of carbonyl (C=O) groups is 1. The Bertz CT molecular complexity index is 482. The summed E-state index contributed by atoms with van der Waals surface area (Å²) in [6.07, 6.45) is 0.465. The summed E-state index contributed by atoms with van der Waals surface area (Å²) in [7, 11) is 1.56. The van der Waals surface area contributed by atoms with Crippen molar-refractivity contribution in [1.29, 1.82) is 0 Å². The number of benzene rings is 1. The van der Waals surface area contributed by atoms with Crippen molar-refractivity contribution in [2.45, 2.75) is 38.8 Å². The number of aliphatic hydroxyl groups is 1. The number of amides is 1. The van der Waals surface area contributed by atoms with Crippen LogP contribution in [0.3, 0.4) is 0 Å². The maximum Gasteiger partial charge on any atom is 0.225 e. The number of hydrogen-bond acceptors (Lipinski definition) is 4. The fourth-order valence-electron chi connectivity index (χ4n) is 2.00. The van der Waals surface area contributed by atoms with Crippen LogP contribution in [0.2, 0.25) is 5.02 Å². The highest BCUT2D eigenvalue weighted by atomic mass is 35.5. The minimum absolute atomic E-state index is 0.0238. The van der Waals surface area contributed by atoms with Crippen molar-refractivity contribution in [1.82, 2.24) is 5.32 Å². The highest BCUT2D eigenvalue weighted by Crippen LogP contribution is 2.20. The van der Waals surface area contributed by atoms with E-state index in [0.29, 0.717) is 36.7 Å². The predicted octanol–water partition coefficient (Wildman–Crippen LogP) is 2.35. The van der Waals surface area contributed by atoms with Gasteiger partial charge in [0.1, 0.15) is 0 Å². The quantitative estimate of drug-likeness (QED) is 0.651. The van der Waals surface area contributed by atoms with E-state index in [9.17, 15) is 9.90 Å². The number of anilines is 1. The zero-order chi connectivity index (χ0) is 16.5. The summed E-state index contributed by atoms with van der Waals surface area (Å²) in [4.78, 5) is 12.0. The van der Waals surface area contributed by atoms with Gasteiger partial charge in [0.25, 0.3) is 0 Å². The Labute approximate surface area is 137 Å². The van der Waals surface area contributed by atoms with E-state index in [-0.39, 0.29) is 11.9 Å². The number of rotatable bonds is 9. The Balaban J connectivity index is 2.30. The summed E-state index contributed by atoms with van der Waals surface area (Å²) in [6, 6.07) is 5.47. The maximum atomic E-state index is 12.0. The Morgan fingerprint density at radius 1 is 1.45 bits per heavy atom. The summed E-state index contributed by atoms with van der Waals surface area (Å²) < 4.78 is 4.86. The number of aliphatic hydroxyl groups excluding tert-OH is 1. The van der Waals surface area contributed by atoms with Gasteiger partial charge in [0, 0.05) is 30.3 Å². The van der Waals surface area contributed by atoms with Crippen LogP contribution in [0.4, 0.5) is 5.69 Å². The third-order valence-corrected chi connectivity index (χ3v) is 3.68. The fourth-order valence-corrected chi connectivity index (χ4v) is 2.19. The topological polar surface area (TPSA) is 70.6 Å². The average Bonchev–Trinajstić information content (AvgIpc) is 2.43. The first-order valence-electron chi connectivity index (χ1n) is 7.38. The summed E-state index contributed by atoms with van der Waals surface area (Å²) >= 11 is 6.03. The van der Waals surface area contributed by atoms with Crippen LogP contribution in [0, 0.1) is 6.92 Å². The van der Waals surface area contributed by atoms with Gasteiger partial charge in [0.15, 0.2) is 0 Å². The highest BCUT2D eigenvalue weighted by Gasteiger charge is 2.10. The summed E-state index contributed by atoms with van der Waals surface area (Å²) in [5, 5.41) is 16.2. The standard InChI is InChI=1S/C16H25ClN2O3/c1-11-4-5-13(9-15(11)17)19-16(21)8-12(2)18-7-6-14(20)10-22-3/h4-5,9,12,14,18,20H,6-8,10H2,1-3H3,(H,19,21). The van der Waals surface area contributed by atoms with Gasteiger partial charge in [-0.1, -0.05) is 17.7 Å². The van der Waals surface area contributed by atoms with Gasteiger partial charge in [-0.2, -0.15) is 0 Å². The lowest BCUT2D eigenvalue weighted by Crippen LogP contribution is -2.33. The van der Waals surface area contributed by atoms with Crippen LogP contribution >= 0.6 is 11.6 Å². The van der Waals surface area contributed by atoms with Gasteiger partial charge in [0.05, 0.1) is 12.7 Å². The second-order valence-corrected chi connectivity index (χ2v) is 5.88. The first kappa shape index (κ1) is 18.9. The average molecular weight is 329 g/mol.